The van der Waals surface area contributed by atoms with E-state index in [-0.39, 0.29) is 29.3 Å². The van der Waals surface area contributed by atoms with E-state index in [1.165, 1.54) is 5.57 Å². The van der Waals surface area contributed by atoms with Gasteiger partial charge in [0.05, 0.1) is 32.5 Å². The Kier molecular flexibility index (Phi) is 15.8. The average molecular weight is 943 g/mol. The van der Waals surface area contributed by atoms with Gasteiger partial charge in [-0.2, -0.15) is 0 Å². The first-order valence-electron chi connectivity index (χ1n) is 24.1. The number of carbonyl (C=O) groups excluding carboxylic acids is 1. The van der Waals surface area contributed by atoms with E-state index in [1.54, 1.807) is 0 Å². The summed E-state index contributed by atoms with van der Waals surface area (Å²) in [5, 5.41) is 113. The molecule has 0 aromatic rings. The van der Waals surface area contributed by atoms with Gasteiger partial charge in [-0.05, 0) is 86.4 Å². The number of allylic oxidation sites excluding steroid dienone is 2. The van der Waals surface area contributed by atoms with Gasteiger partial charge in [0, 0.05) is 17.3 Å². The summed E-state index contributed by atoms with van der Waals surface area (Å²) in [6.45, 7) is 13.7. The van der Waals surface area contributed by atoms with Crippen LogP contribution < -0.4 is 0 Å². The molecule has 3 saturated carbocycles. The molecule has 7 rings (SSSR count). The van der Waals surface area contributed by atoms with Gasteiger partial charge in [-0.15, -0.1) is 0 Å². The van der Waals surface area contributed by atoms with E-state index in [0.717, 1.165) is 37.7 Å². The van der Waals surface area contributed by atoms with Gasteiger partial charge < -0.3 is 84.6 Å². The number of fused-ring (bicyclic) bond motifs is 5. The molecule has 3 saturated heterocycles. The zero-order valence-electron chi connectivity index (χ0n) is 39.5. The van der Waals surface area contributed by atoms with Crippen molar-refractivity contribution in [3.05, 3.63) is 23.3 Å². The van der Waals surface area contributed by atoms with Crippen LogP contribution in [0.25, 0.3) is 0 Å². The maximum Gasteiger partial charge on any atom is 0.187 e. The number of ketones is 1. The first-order valence-corrected chi connectivity index (χ1v) is 24.1. The topological polar surface area (TPSA) is 295 Å². The highest BCUT2D eigenvalue weighted by Gasteiger charge is 2.70. The third kappa shape index (κ3) is 8.94. The minimum Gasteiger partial charge on any atom is -0.394 e. The standard InChI is InChI=1S/C48H78O18/c1-22(20-61-42-40(59)38(57)35(54)29(65-42)21-62-43-39(58)36(55)33(52)27(18-49)63-43)9-8-10-23(2)24-15-16-46(5)30-13-11-25-26(48(30,7)31(51)17-47(24,46)6)12-14-32(45(25,3)4)66-44-41(60)37(56)34(53)28(19-50)64-44/h9,11,23-24,26-30,32-44,49-50,52-60H,8,10,12-21H2,1-7H3. The molecule has 0 radical (unpaired) electrons. The number of rotatable bonds is 14. The molecule has 3 heterocycles. The van der Waals surface area contributed by atoms with E-state index >= 15 is 0 Å². The van der Waals surface area contributed by atoms with Gasteiger partial charge in [0.25, 0.3) is 0 Å². The van der Waals surface area contributed by atoms with Crippen LogP contribution in [-0.2, 0) is 33.2 Å². The lowest BCUT2D eigenvalue weighted by molar-refractivity contribution is -0.330. The Morgan fingerprint density at radius 1 is 0.727 bits per heavy atom. The summed E-state index contributed by atoms with van der Waals surface area (Å²) < 4.78 is 34.7. The highest BCUT2D eigenvalue weighted by atomic mass is 16.7. The van der Waals surface area contributed by atoms with Gasteiger partial charge in [-0.1, -0.05) is 64.8 Å². The molecule has 23 atom stereocenters. The largest absolute Gasteiger partial charge is 0.394 e. The quantitative estimate of drug-likeness (QED) is 0.102. The van der Waals surface area contributed by atoms with E-state index in [2.05, 4.69) is 53.7 Å². The number of hydrogen-bond acceptors (Lipinski definition) is 18. The van der Waals surface area contributed by atoms with E-state index in [0.29, 0.717) is 36.9 Å². The van der Waals surface area contributed by atoms with Gasteiger partial charge in [-0.3, -0.25) is 4.79 Å². The van der Waals surface area contributed by atoms with Crippen molar-refractivity contribution in [3.63, 3.8) is 0 Å². The van der Waals surface area contributed by atoms with Crippen LogP contribution in [0, 0.1) is 45.3 Å². The van der Waals surface area contributed by atoms with Crippen LogP contribution >= 0.6 is 0 Å². The lowest BCUT2D eigenvalue weighted by Gasteiger charge is -2.65. The average Bonchev–Trinajstić information content (AvgIpc) is 3.55. The lowest BCUT2D eigenvalue weighted by atomic mass is 9.38. The van der Waals surface area contributed by atoms with Crippen molar-refractivity contribution in [2.75, 3.05) is 26.4 Å². The van der Waals surface area contributed by atoms with Crippen LogP contribution in [-0.4, -0.2) is 187 Å². The fourth-order valence-electron chi connectivity index (χ4n) is 13.6. The minimum absolute atomic E-state index is 0.0192. The first kappa shape index (κ1) is 52.3. The molecule has 66 heavy (non-hydrogen) atoms. The molecule has 18 heteroatoms. The molecule has 0 aromatic heterocycles. The first-order chi connectivity index (χ1) is 31.0. The van der Waals surface area contributed by atoms with Gasteiger partial charge in [-0.25, -0.2) is 0 Å². The summed E-state index contributed by atoms with van der Waals surface area (Å²) in [5.41, 5.74) is 0.660. The molecule has 0 amide bonds. The van der Waals surface area contributed by atoms with Gasteiger partial charge in [0.1, 0.15) is 79.0 Å². The Hall–Kier alpha value is -1.53. The summed E-state index contributed by atoms with van der Waals surface area (Å²) in [5.74, 6) is 1.12. The molecule has 0 bridgehead atoms. The van der Waals surface area contributed by atoms with Crippen molar-refractivity contribution >= 4 is 5.78 Å². The number of aliphatic hydroxyl groups is 11. The maximum atomic E-state index is 14.9. The van der Waals surface area contributed by atoms with Crippen molar-refractivity contribution < 1.29 is 89.4 Å². The lowest BCUT2D eigenvalue weighted by Crippen LogP contribution is -2.64. The van der Waals surface area contributed by atoms with E-state index in [1.807, 2.05) is 6.92 Å². The van der Waals surface area contributed by atoms with Gasteiger partial charge in [0.15, 0.2) is 18.9 Å². The van der Waals surface area contributed by atoms with Crippen LogP contribution in [0.5, 0.6) is 0 Å². The molecule has 0 spiro atoms. The summed E-state index contributed by atoms with van der Waals surface area (Å²) in [7, 11) is 0. The second kappa shape index (κ2) is 19.9. The predicted octanol–water partition coefficient (Wildman–Crippen LogP) is -0.0410. The number of ether oxygens (including phenoxy) is 6. The Morgan fingerprint density at radius 2 is 1.27 bits per heavy atom. The highest BCUT2D eigenvalue weighted by Crippen LogP contribution is 2.74. The minimum atomic E-state index is -1.67. The smallest absolute Gasteiger partial charge is 0.187 e. The van der Waals surface area contributed by atoms with Crippen molar-refractivity contribution in [3.8, 4) is 0 Å². The fourth-order valence-corrected chi connectivity index (χ4v) is 13.6. The molecule has 6 fully saturated rings. The third-order valence-electron chi connectivity index (χ3n) is 18.0. The summed E-state index contributed by atoms with van der Waals surface area (Å²) in [6, 6.07) is 0. The number of carbonyl (C=O) groups is 1. The molecule has 378 valence electrons. The molecule has 3 aliphatic heterocycles. The van der Waals surface area contributed by atoms with Crippen LogP contribution in [0.2, 0.25) is 0 Å². The van der Waals surface area contributed by atoms with E-state index < -0.39 is 129 Å². The Labute approximate surface area is 387 Å². The number of Topliss-reactive ketones (excluding diaryl/α,β-unsaturated/α-hetero) is 1. The SMILES string of the molecule is CC(=CCCC(C)C1CCC2(C)C3CC=C4C(CCC(OC5OC(CO)C(O)C(O)C5O)C4(C)C)C3(C)C(=O)CC12C)COC1OC(COC2OC(CO)C(O)C(O)C2O)C(O)C(O)C1O. The zero-order chi connectivity index (χ0) is 48.4. The molecular formula is C48H78O18. The zero-order valence-corrected chi connectivity index (χ0v) is 39.5. The second-order valence-electron chi connectivity index (χ2n) is 21.9. The molecule has 0 aromatic carbocycles. The molecule has 4 aliphatic carbocycles. The summed E-state index contributed by atoms with van der Waals surface area (Å²) in [4.78, 5) is 14.9. The Bertz CT molecular complexity index is 1760. The van der Waals surface area contributed by atoms with Crippen LogP contribution in [0.4, 0.5) is 0 Å². The molecule has 7 aliphatic rings. The van der Waals surface area contributed by atoms with Crippen molar-refractivity contribution in [1.82, 2.24) is 0 Å². The second-order valence-corrected chi connectivity index (χ2v) is 21.9. The normalized spacial score (nSPS) is 50.0. The summed E-state index contributed by atoms with van der Waals surface area (Å²) >= 11 is 0. The number of hydrogen-bond donors (Lipinski definition) is 11. The van der Waals surface area contributed by atoms with Crippen molar-refractivity contribution in [2.45, 2.75) is 198 Å². The van der Waals surface area contributed by atoms with Crippen LogP contribution in [0.15, 0.2) is 23.3 Å². The monoisotopic (exact) mass is 943 g/mol. The molecule has 11 N–H and O–H groups in total. The van der Waals surface area contributed by atoms with Crippen molar-refractivity contribution in [2.24, 2.45) is 45.3 Å². The third-order valence-corrected chi connectivity index (χ3v) is 18.0. The Morgan fingerprint density at radius 3 is 1.88 bits per heavy atom. The van der Waals surface area contributed by atoms with Crippen LogP contribution in [0.3, 0.4) is 0 Å². The highest BCUT2D eigenvalue weighted by molar-refractivity contribution is 5.88. The fraction of sp³-hybridized carbons (Fsp3) is 0.896. The molecule has 18 nitrogen and oxygen atoms in total. The van der Waals surface area contributed by atoms with Gasteiger partial charge in [0.2, 0.25) is 0 Å². The van der Waals surface area contributed by atoms with Gasteiger partial charge >= 0.3 is 0 Å². The summed E-state index contributed by atoms with van der Waals surface area (Å²) in [6.07, 6.45) is -11.5. The van der Waals surface area contributed by atoms with Crippen LogP contribution in [0.1, 0.15) is 99.8 Å². The predicted molar refractivity (Wildman–Crippen MR) is 233 cm³/mol. The molecular weight excluding hydrogens is 865 g/mol. The Balaban J connectivity index is 0.945. The van der Waals surface area contributed by atoms with Crippen molar-refractivity contribution in [1.29, 1.82) is 0 Å². The van der Waals surface area contributed by atoms with E-state index in [9.17, 15) is 61.0 Å². The number of aliphatic hydroxyl groups excluding tert-OH is 11. The van der Waals surface area contributed by atoms with E-state index in [4.69, 9.17) is 28.4 Å². The maximum absolute atomic E-state index is 14.9. The molecule has 23 unspecified atom stereocenters.